The summed E-state index contributed by atoms with van der Waals surface area (Å²) in [6.07, 6.45) is -3.00. The number of benzene rings is 1. The second-order valence-electron chi connectivity index (χ2n) is 6.12. The predicted molar refractivity (Wildman–Crippen MR) is 103 cm³/mol. The second-order valence-corrected chi connectivity index (χ2v) is 6.55. The monoisotopic (exact) mass is 440 g/mol. The van der Waals surface area contributed by atoms with Gasteiger partial charge < -0.3 is 20.2 Å². The van der Waals surface area contributed by atoms with Gasteiger partial charge >= 0.3 is 18.1 Å². The number of hydrogen-bond acceptors (Lipinski definition) is 5. The molecular formula is C19H16ClF3N4O3. The van der Waals surface area contributed by atoms with Crippen LogP contribution in [0.2, 0.25) is 5.02 Å². The van der Waals surface area contributed by atoms with Gasteiger partial charge in [-0.05, 0) is 24.3 Å². The number of carbonyl (C=O) groups excluding carboxylic acids is 1. The van der Waals surface area contributed by atoms with E-state index in [1.165, 1.54) is 18.3 Å². The minimum absolute atomic E-state index is 0.0493. The van der Waals surface area contributed by atoms with Crippen molar-refractivity contribution in [2.24, 2.45) is 0 Å². The summed E-state index contributed by atoms with van der Waals surface area (Å²) in [6.45, 7) is -0.390. The Morgan fingerprint density at radius 2 is 2.03 bits per heavy atom. The molecule has 0 unspecified atom stereocenters. The average molecular weight is 441 g/mol. The van der Waals surface area contributed by atoms with E-state index in [2.05, 4.69) is 20.6 Å². The maximum absolute atomic E-state index is 13.0. The van der Waals surface area contributed by atoms with E-state index in [1.54, 1.807) is 24.3 Å². The first-order chi connectivity index (χ1) is 14.3. The molecule has 7 nitrogen and oxygen atoms in total. The lowest BCUT2D eigenvalue weighted by Crippen LogP contribution is -2.28. The van der Waals surface area contributed by atoms with Gasteiger partial charge in [-0.25, -0.2) is 9.78 Å². The van der Waals surface area contributed by atoms with Crippen LogP contribution in [0.4, 0.5) is 23.7 Å². The van der Waals surface area contributed by atoms with E-state index in [9.17, 15) is 18.0 Å². The quantitative estimate of drug-likeness (QED) is 0.531. The van der Waals surface area contributed by atoms with Gasteiger partial charge in [0.1, 0.15) is 5.69 Å². The van der Waals surface area contributed by atoms with Crippen molar-refractivity contribution in [2.45, 2.75) is 19.1 Å². The smallest absolute Gasteiger partial charge is 0.435 e. The van der Waals surface area contributed by atoms with Crippen LogP contribution in [0.1, 0.15) is 17.3 Å². The van der Waals surface area contributed by atoms with Crippen molar-refractivity contribution in [2.75, 3.05) is 11.9 Å². The minimum Gasteiger partial charge on any atom is -0.435 e. The van der Waals surface area contributed by atoms with E-state index >= 15 is 0 Å². The Morgan fingerprint density at radius 1 is 1.23 bits per heavy atom. The summed E-state index contributed by atoms with van der Waals surface area (Å²) in [7, 11) is 0. The van der Waals surface area contributed by atoms with E-state index in [-0.39, 0.29) is 24.6 Å². The lowest BCUT2D eigenvalue weighted by atomic mass is 10.1. The molecule has 0 aliphatic rings. The highest BCUT2D eigenvalue weighted by atomic mass is 35.5. The third-order valence-corrected chi connectivity index (χ3v) is 4.13. The van der Waals surface area contributed by atoms with Gasteiger partial charge in [-0.3, -0.25) is 4.98 Å². The first-order valence-corrected chi connectivity index (χ1v) is 9.07. The number of oxazole rings is 1. The Morgan fingerprint density at radius 3 is 2.67 bits per heavy atom. The molecule has 0 aliphatic carbocycles. The molecule has 2 heterocycles. The molecule has 11 heteroatoms. The van der Waals surface area contributed by atoms with Crippen LogP contribution in [-0.4, -0.2) is 27.7 Å². The number of aromatic nitrogens is 2. The molecule has 0 bridgehead atoms. The Kier molecular flexibility index (Phi) is 6.58. The molecule has 3 aromatic rings. The normalized spacial score (nSPS) is 11.4. The molecule has 2 amide bonds. The van der Waals surface area contributed by atoms with E-state index < -0.39 is 18.1 Å². The fourth-order valence-corrected chi connectivity index (χ4v) is 2.74. The first-order valence-electron chi connectivity index (χ1n) is 8.69. The van der Waals surface area contributed by atoms with Gasteiger partial charge in [0, 0.05) is 29.3 Å². The van der Waals surface area contributed by atoms with Gasteiger partial charge in [-0.15, -0.1) is 0 Å². The molecule has 3 rings (SSSR count). The number of pyridine rings is 1. The molecule has 0 spiro atoms. The molecule has 3 N–H and O–H groups in total. The van der Waals surface area contributed by atoms with E-state index in [4.69, 9.17) is 21.1 Å². The Hall–Kier alpha value is -3.11. The number of urea groups is 1. The highest BCUT2D eigenvalue weighted by Crippen LogP contribution is 2.34. The molecule has 0 atom stereocenters. The van der Waals surface area contributed by atoms with Gasteiger partial charge in [-0.1, -0.05) is 23.7 Å². The summed E-state index contributed by atoms with van der Waals surface area (Å²) in [5.41, 5.74) is 1.27. The molecule has 0 saturated heterocycles. The zero-order valence-electron chi connectivity index (χ0n) is 15.3. The molecule has 0 fully saturated rings. The van der Waals surface area contributed by atoms with Crippen LogP contribution in [-0.2, 0) is 19.1 Å². The largest absolute Gasteiger partial charge is 0.468 e. The van der Waals surface area contributed by atoms with Gasteiger partial charge in [0.15, 0.2) is 5.76 Å². The number of nitrogens with one attached hydrogen (secondary N) is 2. The van der Waals surface area contributed by atoms with E-state index in [1.807, 2.05) is 0 Å². The molecule has 158 valence electrons. The van der Waals surface area contributed by atoms with Crippen molar-refractivity contribution in [1.29, 1.82) is 0 Å². The van der Waals surface area contributed by atoms with Crippen LogP contribution >= 0.6 is 11.6 Å². The predicted octanol–water partition coefficient (Wildman–Crippen LogP) is 4.27. The molecule has 0 aliphatic heterocycles. The highest BCUT2D eigenvalue weighted by Gasteiger charge is 2.38. The van der Waals surface area contributed by atoms with E-state index in [0.29, 0.717) is 28.4 Å². The number of aliphatic hydroxyl groups is 1. The lowest BCUT2D eigenvalue weighted by Gasteiger charge is -2.08. The second kappa shape index (κ2) is 9.14. The Balaban J connectivity index is 1.73. The minimum atomic E-state index is -4.78. The summed E-state index contributed by atoms with van der Waals surface area (Å²) in [6, 6.07) is 8.67. The van der Waals surface area contributed by atoms with Gasteiger partial charge in [0.05, 0.1) is 18.4 Å². The van der Waals surface area contributed by atoms with Crippen molar-refractivity contribution in [3.8, 4) is 11.3 Å². The third kappa shape index (κ3) is 5.49. The highest BCUT2D eigenvalue weighted by molar-refractivity contribution is 6.30. The van der Waals surface area contributed by atoms with Gasteiger partial charge in [-0.2, -0.15) is 13.2 Å². The molecule has 1 aromatic carbocycles. The molecule has 30 heavy (non-hydrogen) atoms. The van der Waals surface area contributed by atoms with Crippen LogP contribution < -0.4 is 10.6 Å². The lowest BCUT2D eigenvalue weighted by molar-refractivity contribution is -0.157. The van der Waals surface area contributed by atoms with Crippen molar-refractivity contribution in [3.63, 3.8) is 0 Å². The summed E-state index contributed by atoms with van der Waals surface area (Å²) in [4.78, 5) is 19.7. The number of carbonyl (C=O) groups is 1. The number of hydrogen-bond donors (Lipinski definition) is 3. The topological polar surface area (TPSA) is 100 Å². The fraction of sp³-hybridized carbons (Fsp3) is 0.211. The first kappa shape index (κ1) is 21.6. The van der Waals surface area contributed by atoms with E-state index in [0.717, 1.165) is 0 Å². The third-order valence-electron chi connectivity index (χ3n) is 3.90. The molecular weight excluding hydrogens is 425 g/mol. The maximum Gasteiger partial charge on any atom is 0.468 e. The summed E-state index contributed by atoms with van der Waals surface area (Å²) in [5, 5.41) is 14.1. The number of alkyl halides is 3. The van der Waals surface area contributed by atoms with Crippen LogP contribution in [0.3, 0.4) is 0 Å². The zero-order chi connectivity index (χ0) is 21.7. The molecule has 0 radical (unpaired) electrons. The zero-order valence-corrected chi connectivity index (χ0v) is 16.1. The number of nitrogens with zero attached hydrogens (tertiary/aromatic N) is 2. The van der Waals surface area contributed by atoms with Crippen LogP contribution in [0.15, 0.2) is 47.0 Å². The Labute approximate surface area is 173 Å². The van der Waals surface area contributed by atoms with Gasteiger partial charge in [0.2, 0.25) is 0 Å². The fourth-order valence-electron chi connectivity index (χ4n) is 2.55. The summed E-state index contributed by atoms with van der Waals surface area (Å²) in [5.74, 6) is -1.59. The molecule has 0 saturated carbocycles. The van der Waals surface area contributed by atoms with Crippen molar-refractivity contribution in [3.05, 3.63) is 65.0 Å². The number of halogens is 4. The van der Waals surface area contributed by atoms with Crippen molar-refractivity contribution >= 4 is 23.3 Å². The number of amides is 2. The Bertz CT molecular complexity index is 1020. The SMILES string of the molecule is O=C(NCc1oc(C(F)(F)F)nc1-c1cccc(Cl)c1)Nc1ccc(CCO)nc1. The van der Waals surface area contributed by atoms with Crippen molar-refractivity contribution < 1.29 is 27.5 Å². The number of rotatable bonds is 6. The van der Waals surface area contributed by atoms with Crippen LogP contribution in [0.5, 0.6) is 0 Å². The maximum atomic E-state index is 13.0. The average Bonchev–Trinajstić information content (AvgIpc) is 3.13. The summed E-state index contributed by atoms with van der Waals surface area (Å²) >= 11 is 5.91. The van der Waals surface area contributed by atoms with Crippen LogP contribution in [0.25, 0.3) is 11.3 Å². The standard InChI is InChI=1S/C19H16ClF3N4O3/c20-12-3-1-2-11(8-12)16-15(30-17(27-16)19(21,22)23)10-25-18(29)26-14-5-4-13(6-7-28)24-9-14/h1-5,8-9,28H,6-7,10H2,(H2,25,26,29). The molecule has 2 aromatic heterocycles. The van der Waals surface area contributed by atoms with Crippen LogP contribution in [0, 0.1) is 0 Å². The number of anilines is 1. The van der Waals surface area contributed by atoms with Crippen molar-refractivity contribution in [1.82, 2.24) is 15.3 Å². The summed E-state index contributed by atoms with van der Waals surface area (Å²) < 4.78 is 44.0. The number of aliphatic hydroxyl groups excluding tert-OH is 1. The van der Waals surface area contributed by atoms with Gasteiger partial charge in [0.25, 0.3) is 0 Å².